The molecule has 0 amide bonds. The van der Waals surface area contributed by atoms with Crippen LogP contribution < -0.4 is 5.32 Å². The molecule has 1 saturated carbocycles. The monoisotopic (exact) mass is 196 g/mol. The van der Waals surface area contributed by atoms with Crippen LogP contribution in [0.5, 0.6) is 0 Å². The van der Waals surface area contributed by atoms with Gasteiger partial charge < -0.3 is 10.2 Å². The van der Waals surface area contributed by atoms with Gasteiger partial charge in [0, 0.05) is 12.1 Å². The van der Waals surface area contributed by atoms with E-state index in [2.05, 4.69) is 24.2 Å². The molecule has 0 aromatic carbocycles. The van der Waals surface area contributed by atoms with Gasteiger partial charge in [-0.05, 0) is 65.1 Å². The van der Waals surface area contributed by atoms with Crippen molar-refractivity contribution in [1.82, 2.24) is 10.2 Å². The maximum atomic E-state index is 3.76. The van der Waals surface area contributed by atoms with E-state index in [0.29, 0.717) is 5.54 Å². The Balaban J connectivity index is 1.69. The number of piperidine rings is 1. The minimum Gasteiger partial charge on any atom is -0.311 e. The van der Waals surface area contributed by atoms with E-state index in [1.165, 1.54) is 51.7 Å². The number of hydrogen-bond acceptors (Lipinski definition) is 2. The van der Waals surface area contributed by atoms with Crippen LogP contribution in [-0.2, 0) is 0 Å². The maximum Gasteiger partial charge on any atom is 0.0153 e. The van der Waals surface area contributed by atoms with Gasteiger partial charge in [0.2, 0.25) is 0 Å². The summed E-state index contributed by atoms with van der Waals surface area (Å²) in [5, 5.41) is 3.76. The lowest BCUT2D eigenvalue weighted by Crippen LogP contribution is -2.51. The van der Waals surface area contributed by atoms with Crippen molar-refractivity contribution in [3.63, 3.8) is 0 Å². The summed E-state index contributed by atoms with van der Waals surface area (Å²) < 4.78 is 0. The second-order valence-electron chi connectivity index (χ2n) is 5.57. The third-order valence-electron chi connectivity index (χ3n) is 4.00. The van der Waals surface area contributed by atoms with Crippen LogP contribution in [0.1, 0.15) is 39.0 Å². The summed E-state index contributed by atoms with van der Waals surface area (Å²) in [6.07, 6.45) is 7.01. The highest BCUT2D eigenvalue weighted by atomic mass is 15.1. The summed E-state index contributed by atoms with van der Waals surface area (Å²) in [5.74, 6) is 0.895. The summed E-state index contributed by atoms with van der Waals surface area (Å²) in [6, 6.07) is 0. The minimum atomic E-state index is 0.496. The lowest BCUT2D eigenvalue weighted by molar-refractivity contribution is 0.160. The van der Waals surface area contributed by atoms with Gasteiger partial charge in [0.25, 0.3) is 0 Å². The van der Waals surface area contributed by atoms with Crippen molar-refractivity contribution in [2.24, 2.45) is 5.92 Å². The van der Waals surface area contributed by atoms with Crippen molar-refractivity contribution in [2.45, 2.75) is 44.6 Å². The molecule has 2 fully saturated rings. The van der Waals surface area contributed by atoms with Gasteiger partial charge >= 0.3 is 0 Å². The van der Waals surface area contributed by atoms with Gasteiger partial charge in [-0.1, -0.05) is 0 Å². The zero-order valence-electron chi connectivity index (χ0n) is 9.68. The summed E-state index contributed by atoms with van der Waals surface area (Å²) in [6.45, 7) is 6.21. The van der Waals surface area contributed by atoms with Crippen LogP contribution in [0.3, 0.4) is 0 Å². The molecule has 0 aromatic heterocycles. The van der Waals surface area contributed by atoms with Crippen LogP contribution in [0.25, 0.3) is 0 Å². The van der Waals surface area contributed by atoms with E-state index in [-0.39, 0.29) is 0 Å². The Labute approximate surface area is 88.1 Å². The molecule has 0 aromatic rings. The van der Waals surface area contributed by atoms with E-state index >= 15 is 0 Å². The maximum absolute atomic E-state index is 3.76. The summed E-state index contributed by atoms with van der Waals surface area (Å²) in [5.41, 5.74) is 0.496. The van der Waals surface area contributed by atoms with E-state index in [4.69, 9.17) is 0 Å². The quantitative estimate of drug-likeness (QED) is 0.741. The number of hydrogen-bond donors (Lipinski definition) is 1. The molecular weight excluding hydrogens is 172 g/mol. The molecule has 1 aliphatic carbocycles. The molecule has 1 aliphatic heterocycles. The molecule has 0 radical (unpaired) electrons. The zero-order valence-corrected chi connectivity index (χ0v) is 9.68. The smallest absolute Gasteiger partial charge is 0.0153 e. The van der Waals surface area contributed by atoms with E-state index in [1.807, 2.05) is 0 Å². The van der Waals surface area contributed by atoms with Crippen molar-refractivity contribution >= 4 is 0 Å². The molecule has 0 spiro atoms. The van der Waals surface area contributed by atoms with Crippen LogP contribution >= 0.6 is 0 Å². The Kier molecular flexibility index (Phi) is 3.13. The fourth-order valence-electron chi connectivity index (χ4n) is 2.71. The van der Waals surface area contributed by atoms with Gasteiger partial charge in [-0.15, -0.1) is 0 Å². The molecule has 1 heterocycles. The molecule has 1 N–H and O–H groups in total. The van der Waals surface area contributed by atoms with Crippen LogP contribution in [0.4, 0.5) is 0 Å². The average molecular weight is 196 g/mol. The van der Waals surface area contributed by atoms with Crippen molar-refractivity contribution in [3.05, 3.63) is 0 Å². The van der Waals surface area contributed by atoms with Gasteiger partial charge in [0.05, 0.1) is 0 Å². The third kappa shape index (κ3) is 2.48. The number of rotatable bonds is 3. The fourth-order valence-corrected chi connectivity index (χ4v) is 2.71. The van der Waals surface area contributed by atoms with Gasteiger partial charge in [0.15, 0.2) is 0 Å². The Bertz CT molecular complexity index is 187. The van der Waals surface area contributed by atoms with Crippen LogP contribution in [0, 0.1) is 5.92 Å². The zero-order chi connectivity index (χ0) is 10.0. The number of likely N-dealkylation sites (tertiary alicyclic amines) is 1. The van der Waals surface area contributed by atoms with Gasteiger partial charge in [-0.2, -0.15) is 0 Å². The molecular formula is C12H24N2. The van der Waals surface area contributed by atoms with E-state index < -0.39 is 0 Å². The van der Waals surface area contributed by atoms with Gasteiger partial charge in [0.1, 0.15) is 0 Å². The largest absolute Gasteiger partial charge is 0.311 e. The molecule has 2 nitrogen and oxygen atoms in total. The highest BCUT2D eigenvalue weighted by molar-refractivity contribution is 4.92. The Hall–Kier alpha value is -0.0800. The predicted molar refractivity (Wildman–Crippen MR) is 60.5 cm³/mol. The molecule has 1 atom stereocenters. The van der Waals surface area contributed by atoms with Crippen LogP contribution in [0.2, 0.25) is 0 Å². The molecule has 14 heavy (non-hydrogen) atoms. The molecule has 0 bridgehead atoms. The molecule has 1 saturated heterocycles. The third-order valence-corrected chi connectivity index (χ3v) is 4.00. The highest BCUT2D eigenvalue weighted by Crippen LogP contribution is 2.31. The van der Waals surface area contributed by atoms with Gasteiger partial charge in [-0.3, -0.25) is 0 Å². The van der Waals surface area contributed by atoms with E-state index in [0.717, 1.165) is 5.92 Å². The fraction of sp³-hybridized carbons (Fsp3) is 1.00. The molecule has 2 aliphatic rings. The highest BCUT2D eigenvalue weighted by Gasteiger charge is 2.31. The SMILES string of the molecule is CN1CCCC(CNC2(C)CCC2)C1. The Morgan fingerprint density at radius 1 is 1.36 bits per heavy atom. The second-order valence-corrected chi connectivity index (χ2v) is 5.57. The molecule has 82 valence electrons. The van der Waals surface area contributed by atoms with Crippen molar-refractivity contribution in [1.29, 1.82) is 0 Å². The Morgan fingerprint density at radius 2 is 2.14 bits per heavy atom. The first-order chi connectivity index (χ1) is 6.68. The van der Waals surface area contributed by atoms with Gasteiger partial charge in [-0.25, -0.2) is 0 Å². The molecule has 2 heteroatoms. The van der Waals surface area contributed by atoms with Crippen molar-refractivity contribution < 1.29 is 0 Å². The first-order valence-electron chi connectivity index (χ1n) is 6.12. The van der Waals surface area contributed by atoms with Crippen LogP contribution in [0.15, 0.2) is 0 Å². The predicted octanol–water partition coefficient (Wildman–Crippen LogP) is 1.86. The number of nitrogens with zero attached hydrogens (tertiary/aromatic N) is 1. The standard InChI is InChI=1S/C12H24N2/c1-12(6-4-7-12)13-9-11-5-3-8-14(2)10-11/h11,13H,3-10H2,1-2H3. The average Bonchev–Trinajstić information content (AvgIpc) is 2.12. The normalized spacial score (nSPS) is 32.6. The summed E-state index contributed by atoms with van der Waals surface area (Å²) in [4.78, 5) is 2.47. The lowest BCUT2D eigenvalue weighted by atomic mass is 9.78. The van der Waals surface area contributed by atoms with Crippen LogP contribution in [-0.4, -0.2) is 37.1 Å². The molecule has 1 unspecified atom stereocenters. The van der Waals surface area contributed by atoms with E-state index in [9.17, 15) is 0 Å². The first kappa shape index (κ1) is 10.4. The van der Waals surface area contributed by atoms with E-state index in [1.54, 1.807) is 0 Å². The summed E-state index contributed by atoms with van der Waals surface area (Å²) >= 11 is 0. The topological polar surface area (TPSA) is 15.3 Å². The summed E-state index contributed by atoms with van der Waals surface area (Å²) in [7, 11) is 2.25. The Morgan fingerprint density at radius 3 is 2.71 bits per heavy atom. The minimum absolute atomic E-state index is 0.496. The second kappa shape index (κ2) is 4.19. The first-order valence-corrected chi connectivity index (χ1v) is 6.12. The molecule has 2 rings (SSSR count). The van der Waals surface area contributed by atoms with Crippen molar-refractivity contribution in [3.8, 4) is 0 Å². The lowest BCUT2D eigenvalue weighted by Gasteiger charge is -2.41. The van der Waals surface area contributed by atoms with Crippen molar-refractivity contribution in [2.75, 3.05) is 26.7 Å². The number of nitrogens with one attached hydrogen (secondary N) is 1.